The second-order valence-corrected chi connectivity index (χ2v) is 10.4. The molecule has 0 radical (unpaired) electrons. The van der Waals surface area contributed by atoms with Gasteiger partial charge in [0.1, 0.15) is 0 Å². The van der Waals surface area contributed by atoms with Crippen LogP contribution in [0.5, 0.6) is 0 Å². The number of hydrogen-bond donors (Lipinski definition) is 1. The average molecular weight is 518 g/mol. The number of halogens is 1. The Balaban J connectivity index is 1.41. The lowest BCUT2D eigenvalue weighted by molar-refractivity contribution is -0.121. The van der Waals surface area contributed by atoms with Gasteiger partial charge in [-0.25, -0.2) is 0 Å². The van der Waals surface area contributed by atoms with Crippen molar-refractivity contribution in [2.45, 2.75) is 44.1 Å². The third kappa shape index (κ3) is 7.00. The van der Waals surface area contributed by atoms with E-state index in [1.54, 1.807) is 11.8 Å². The molecular weight excluding hydrogens is 482 g/mol. The van der Waals surface area contributed by atoms with Crippen molar-refractivity contribution in [3.63, 3.8) is 0 Å². The molecule has 1 unspecified atom stereocenters. The molecule has 194 valence electrons. The van der Waals surface area contributed by atoms with E-state index in [-0.39, 0.29) is 23.3 Å². The van der Waals surface area contributed by atoms with Crippen molar-refractivity contribution in [3.05, 3.63) is 101 Å². The van der Waals surface area contributed by atoms with E-state index in [4.69, 9.17) is 11.6 Å². The Kier molecular flexibility index (Phi) is 9.01. The maximum absolute atomic E-state index is 13.2. The standard InChI is InChI=1S/C31H36ClN3O2/c1-24(36)33-31(27-11-7-4-8-12-27)18-21-35(22-19-31)20-17-26(25-9-5-3-6-10-25)23-30(37)34(2)29-15-13-28(32)14-16-29/h3-16,26H,17-23H2,1-2H3,(H,33,36). The molecule has 1 N–H and O–H groups in total. The minimum atomic E-state index is -0.320. The average Bonchev–Trinajstić information content (AvgIpc) is 2.92. The van der Waals surface area contributed by atoms with E-state index >= 15 is 0 Å². The zero-order valence-electron chi connectivity index (χ0n) is 21.7. The Bertz CT molecular complexity index is 1160. The van der Waals surface area contributed by atoms with Gasteiger partial charge in [0, 0.05) is 44.2 Å². The normalized spacial score (nSPS) is 16.1. The first-order valence-electron chi connectivity index (χ1n) is 13.0. The van der Waals surface area contributed by atoms with Crippen LogP contribution in [0.15, 0.2) is 84.9 Å². The maximum atomic E-state index is 13.2. The molecule has 1 fully saturated rings. The van der Waals surface area contributed by atoms with E-state index in [2.05, 4.69) is 34.5 Å². The first-order chi connectivity index (χ1) is 17.9. The van der Waals surface area contributed by atoms with Crippen LogP contribution >= 0.6 is 11.6 Å². The van der Waals surface area contributed by atoms with E-state index in [1.165, 1.54) is 11.1 Å². The van der Waals surface area contributed by atoms with Gasteiger partial charge in [-0.3, -0.25) is 9.59 Å². The number of carbonyl (C=O) groups excluding carboxylic acids is 2. The molecule has 1 atom stereocenters. The van der Waals surface area contributed by atoms with Crippen LogP contribution in [0, 0.1) is 0 Å². The van der Waals surface area contributed by atoms with Gasteiger partial charge in [-0.15, -0.1) is 0 Å². The van der Waals surface area contributed by atoms with Gasteiger partial charge >= 0.3 is 0 Å². The molecule has 0 aromatic heterocycles. The SMILES string of the molecule is CC(=O)NC1(c2ccccc2)CCN(CCC(CC(=O)N(C)c2ccc(Cl)cc2)c2ccccc2)CC1. The van der Waals surface area contributed by atoms with Crippen LogP contribution in [0.3, 0.4) is 0 Å². The lowest BCUT2D eigenvalue weighted by Crippen LogP contribution is -2.52. The Hall–Kier alpha value is -3.15. The van der Waals surface area contributed by atoms with Gasteiger partial charge in [-0.05, 0) is 67.1 Å². The maximum Gasteiger partial charge on any atom is 0.227 e. The summed E-state index contributed by atoms with van der Waals surface area (Å²) in [6.07, 6.45) is 3.06. The number of anilines is 1. The minimum absolute atomic E-state index is 0.00441. The number of piperidine rings is 1. The fraction of sp³-hybridized carbons (Fsp3) is 0.355. The largest absolute Gasteiger partial charge is 0.347 e. The summed E-state index contributed by atoms with van der Waals surface area (Å²) in [6.45, 7) is 4.30. The number of carbonyl (C=O) groups is 2. The molecule has 0 spiro atoms. The molecule has 6 heteroatoms. The molecule has 1 aliphatic heterocycles. The monoisotopic (exact) mass is 517 g/mol. The molecule has 3 aromatic rings. The van der Waals surface area contributed by atoms with Gasteiger partial charge in [0.2, 0.25) is 11.8 Å². The van der Waals surface area contributed by atoms with Crippen LogP contribution < -0.4 is 10.2 Å². The molecule has 0 bridgehead atoms. The second-order valence-electron chi connectivity index (χ2n) is 10.0. The van der Waals surface area contributed by atoms with Gasteiger partial charge < -0.3 is 15.1 Å². The summed E-state index contributed by atoms with van der Waals surface area (Å²) in [4.78, 5) is 29.5. The molecular formula is C31H36ClN3O2. The predicted octanol–water partition coefficient (Wildman–Crippen LogP) is 5.99. The van der Waals surface area contributed by atoms with E-state index in [0.29, 0.717) is 11.4 Å². The number of rotatable bonds is 9. The highest BCUT2D eigenvalue weighted by atomic mass is 35.5. The zero-order chi connectivity index (χ0) is 26.3. The van der Waals surface area contributed by atoms with E-state index < -0.39 is 0 Å². The van der Waals surface area contributed by atoms with E-state index in [1.807, 2.05) is 67.7 Å². The van der Waals surface area contributed by atoms with Crippen molar-refractivity contribution in [1.29, 1.82) is 0 Å². The Labute approximate surface area is 225 Å². The lowest BCUT2D eigenvalue weighted by atomic mass is 9.80. The van der Waals surface area contributed by atoms with Crippen molar-refractivity contribution in [1.82, 2.24) is 10.2 Å². The Morgan fingerprint density at radius 2 is 1.54 bits per heavy atom. The summed E-state index contributed by atoms with van der Waals surface area (Å²) in [5.41, 5.74) is 2.88. The quantitative estimate of drug-likeness (QED) is 0.379. The molecule has 3 aromatic carbocycles. The first kappa shape index (κ1) is 26.9. The van der Waals surface area contributed by atoms with Crippen LogP contribution in [0.2, 0.25) is 5.02 Å². The predicted molar refractivity (Wildman–Crippen MR) is 151 cm³/mol. The number of likely N-dealkylation sites (tertiary alicyclic amines) is 1. The summed E-state index contributed by atoms with van der Waals surface area (Å²) in [5, 5.41) is 3.91. The van der Waals surface area contributed by atoms with E-state index in [9.17, 15) is 9.59 Å². The number of benzene rings is 3. The van der Waals surface area contributed by atoms with Gasteiger partial charge in [-0.2, -0.15) is 0 Å². The number of nitrogens with one attached hydrogen (secondary N) is 1. The number of amides is 2. The van der Waals surface area contributed by atoms with Gasteiger partial charge in [0.05, 0.1) is 5.54 Å². The fourth-order valence-electron chi connectivity index (χ4n) is 5.34. The molecule has 1 heterocycles. The molecule has 5 nitrogen and oxygen atoms in total. The molecule has 2 amide bonds. The molecule has 0 saturated carbocycles. The highest BCUT2D eigenvalue weighted by Crippen LogP contribution is 2.34. The van der Waals surface area contributed by atoms with Crippen molar-refractivity contribution >= 4 is 29.1 Å². The van der Waals surface area contributed by atoms with Crippen molar-refractivity contribution in [2.24, 2.45) is 0 Å². The summed E-state index contributed by atoms with van der Waals surface area (Å²) in [6, 6.07) is 28.0. The highest BCUT2D eigenvalue weighted by Gasteiger charge is 2.37. The fourth-order valence-corrected chi connectivity index (χ4v) is 5.47. The highest BCUT2D eigenvalue weighted by molar-refractivity contribution is 6.30. The third-order valence-corrected chi connectivity index (χ3v) is 7.78. The van der Waals surface area contributed by atoms with E-state index in [0.717, 1.165) is 44.6 Å². The zero-order valence-corrected chi connectivity index (χ0v) is 22.5. The van der Waals surface area contributed by atoms with Crippen LogP contribution in [0.4, 0.5) is 5.69 Å². The Morgan fingerprint density at radius 3 is 2.14 bits per heavy atom. The van der Waals surface area contributed by atoms with Gasteiger partial charge in [-0.1, -0.05) is 72.3 Å². The number of hydrogen-bond acceptors (Lipinski definition) is 3. The molecule has 1 saturated heterocycles. The summed E-state index contributed by atoms with van der Waals surface area (Å²) in [5.74, 6) is 0.216. The molecule has 0 aliphatic carbocycles. The van der Waals surface area contributed by atoms with Gasteiger partial charge in [0.25, 0.3) is 0 Å². The van der Waals surface area contributed by atoms with Gasteiger partial charge in [0.15, 0.2) is 0 Å². The topological polar surface area (TPSA) is 52.7 Å². The molecule has 4 rings (SSSR count). The van der Waals surface area contributed by atoms with Crippen molar-refractivity contribution in [3.8, 4) is 0 Å². The summed E-state index contributed by atoms with van der Waals surface area (Å²) < 4.78 is 0. The number of nitrogens with zero attached hydrogens (tertiary/aromatic N) is 2. The van der Waals surface area contributed by atoms with Crippen LogP contribution in [0.1, 0.15) is 49.7 Å². The van der Waals surface area contributed by atoms with Crippen molar-refractivity contribution < 1.29 is 9.59 Å². The molecule has 1 aliphatic rings. The Morgan fingerprint density at radius 1 is 0.946 bits per heavy atom. The van der Waals surface area contributed by atoms with Crippen LogP contribution in [0.25, 0.3) is 0 Å². The smallest absolute Gasteiger partial charge is 0.227 e. The summed E-state index contributed by atoms with van der Waals surface area (Å²) >= 11 is 6.02. The van der Waals surface area contributed by atoms with Crippen LogP contribution in [-0.2, 0) is 15.1 Å². The van der Waals surface area contributed by atoms with Crippen molar-refractivity contribution in [2.75, 3.05) is 31.6 Å². The third-order valence-electron chi connectivity index (χ3n) is 7.53. The second kappa shape index (κ2) is 12.4. The first-order valence-corrected chi connectivity index (χ1v) is 13.4. The lowest BCUT2D eigenvalue weighted by Gasteiger charge is -2.43. The molecule has 37 heavy (non-hydrogen) atoms. The summed E-state index contributed by atoms with van der Waals surface area (Å²) in [7, 11) is 1.82. The minimum Gasteiger partial charge on any atom is -0.347 e. The van der Waals surface area contributed by atoms with Crippen LogP contribution in [-0.4, -0.2) is 43.4 Å².